The number of aliphatic hydroxyl groups is 3. The van der Waals surface area contributed by atoms with Crippen LogP contribution in [-0.2, 0) is 32.1 Å². The number of fused-ring (bicyclic) bond motifs is 3. The number of Topliss-reactive ketones (excluding diaryl/α,β-unsaturated/α-hetero) is 2. The quantitative estimate of drug-likeness (QED) is 0.200. The van der Waals surface area contributed by atoms with Crippen molar-refractivity contribution in [2.45, 2.75) is 31.0 Å². The summed E-state index contributed by atoms with van der Waals surface area (Å²) in [5.41, 5.74) is 2.94. The minimum atomic E-state index is -2.71. The van der Waals surface area contributed by atoms with E-state index in [4.69, 9.17) is 5.73 Å². The molecule has 0 spiro atoms. The molecule has 12 nitrogen and oxygen atoms in total. The van der Waals surface area contributed by atoms with Gasteiger partial charge in [0.15, 0.2) is 11.4 Å². The lowest BCUT2D eigenvalue weighted by atomic mass is 9.57. The van der Waals surface area contributed by atoms with Crippen molar-refractivity contribution in [1.29, 1.82) is 0 Å². The molecule has 0 heterocycles. The summed E-state index contributed by atoms with van der Waals surface area (Å²) in [6, 6.07) is 11.6. The van der Waals surface area contributed by atoms with E-state index in [1.54, 1.807) is 32.1 Å². The Kier molecular flexibility index (Phi) is 7.63. The number of ketones is 2. The first-order chi connectivity index (χ1) is 20.3. The molecule has 43 heavy (non-hydrogen) atoms. The van der Waals surface area contributed by atoms with E-state index in [-0.39, 0.29) is 36.2 Å². The zero-order valence-corrected chi connectivity index (χ0v) is 24.0. The van der Waals surface area contributed by atoms with Crippen molar-refractivity contribution in [2.24, 2.45) is 17.6 Å². The maximum Gasteiger partial charge on any atom is 0.255 e. The SMILES string of the molecule is CN(CC(=O)Nc1ccc2c(c1O)C(O)=C1C(=O)[C@]3(O)C(O)=C(C(N)=O)C(=O)[C@@H](N(C)C)C3CC1C2)Cc1ccccc1. The number of likely N-dealkylation sites (N-methyl/N-ethyl adjacent to an activating group) is 2. The molecule has 0 saturated heterocycles. The molecule has 0 radical (unpaired) electrons. The van der Waals surface area contributed by atoms with Gasteiger partial charge in [0.05, 0.1) is 23.8 Å². The van der Waals surface area contributed by atoms with Crippen LogP contribution in [0.2, 0.25) is 0 Å². The van der Waals surface area contributed by atoms with Gasteiger partial charge in [-0.15, -0.1) is 0 Å². The lowest BCUT2D eigenvalue weighted by Gasteiger charge is -2.50. The molecule has 3 aliphatic carbocycles. The van der Waals surface area contributed by atoms with E-state index < -0.39 is 69.7 Å². The van der Waals surface area contributed by atoms with Crippen molar-refractivity contribution >= 4 is 34.8 Å². The molecule has 12 heteroatoms. The number of hydrogen-bond acceptors (Lipinski definition) is 10. The predicted molar refractivity (Wildman–Crippen MR) is 156 cm³/mol. The third-order valence-electron chi connectivity index (χ3n) is 8.58. The third-order valence-corrected chi connectivity index (χ3v) is 8.58. The minimum absolute atomic E-state index is 0.00123. The van der Waals surface area contributed by atoms with E-state index in [0.717, 1.165) is 5.56 Å². The average Bonchev–Trinajstić information content (AvgIpc) is 2.92. The first-order valence-electron chi connectivity index (χ1n) is 13.8. The van der Waals surface area contributed by atoms with Gasteiger partial charge in [-0.25, -0.2) is 0 Å². The molecular weight excluding hydrogens is 556 g/mol. The maximum atomic E-state index is 13.9. The summed E-state index contributed by atoms with van der Waals surface area (Å²) < 4.78 is 0. The highest BCUT2D eigenvalue weighted by atomic mass is 16.3. The van der Waals surface area contributed by atoms with Crippen molar-refractivity contribution in [3.05, 3.63) is 76.1 Å². The molecule has 0 aliphatic heterocycles. The monoisotopic (exact) mass is 590 g/mol. The first-order valence-corrected chi connectivity index (χ1v) is 13.8. The Morgan fingerprint density at radius 3 is 2.35 bits per heavy atom. The molecule has 0 bridgehead atoms. The second-order valence-corrected chi connectivity index (χ2v) is 11.7. The van der Waals surface area contributed by atoms with Gasteiger partial charge in [-0.2, -0.15) is 0 Å². The first kappa shape index (κ1) is 30.0. The molecule has 3 aliphatic rings. The van der Waals surface area contributed by atoms with E-state index >= 15 is 0 Å². The summed E-state index contributed by atoms with van der Waals surface area (Å²) in [7, 11) is 4.86. The summed E-state index contributed by atoms with van der Waals surface area (Å²) in [4.78, 5) is 55.2. The number of carbonyl (C=O) groups excluding carboxylic acids is 4. The second kappa shape index (κ2) is 11.0. The number of carbonyl (C=O) groups is 4. The van der Waals surface area contributed by atoms with Crippen molar-refractivity contribution in [1.82, 2.24) is 9.80 Å². The number of aliphatic hydroxyl groups excluding tert-OH is 2. The van der Waals surface area contributed by atoms with Crippen LogP contribution in [0.3, 0.4) is 0 Å². The van der Waals surface area contributed by atoms with Crippen LogP contribution < -0.4 is 11.1 Å². The largest absolute Gasteiger partial charge is 0.508 e. The van der Waals surface area contributed by atoms with Gasteiger partial charge in [0.2, 0.25) is 11.7 Å². The number of hydrogen-bond donors (Lipinski definition) is 6. The summed E-state index contributed by atoms with van der Waals surface area (Å²) in [5.74, 6) is -7.67. The van der Waals surface area contributed by atoms with Crippen LogP contribution >= 0.6 is 0 Å². The number of rotatable bonds is 7. The summed E-state index contributed by atoms with van der Waals surface area (Å²) >= 11 is 0. The van der Waals surface area contributed by atoms with Crippen LogP contribution in [0.5, 0.6) is 5.75 Å². The average molecular weight is 591 g/mol. The molecule has 226 valence electrons. The fourth-order valence-electron chi connectivity index (χ4n) is 6.71. The number of primary amides is 1. The van der Waals surface area contributed by atoms with Gasteiger partial charge in [-0.1, -0.05) is 36.4 Å². The Morgan fingerprint density at radius 2 is 1.72 bits per heavy atom. The Hall–Kier alpha value is -4.52. The summed E-state index contributed by atoms with van der Waals surface area (Å²) in [6.45, 7) is 0.525. The van der Waals surface area contributed by atoms with E-state index in [1.165, 1.54) is 11.0 Å². The zero-order chi connectivity index (χ0) is 31.4. The highest BCUT2D eigenvalue weighted by Crippen LogP contribution is 2.53. The Bertz CT molecular complexity index is 1600. The normalized spacial score (nSPS) is 25.0. The van der Waals surface area contributed by atoms with Crippen molar-refractivity contribution in [3.8, 4) is 5.75 Å². The lowest BCUT2D eigenvalue weighted by Crippen LogP contribution is -2.65. The van der Waals surface area contributed by atoms with E-state index in [9.17, 15) is 39.6 Å². The van der Waals surface area contributed by atoms with Gasteiger partial charge >= 0.3 is 0 Å². The van der Waals surface area contributed by atoms with Crippen molar-refractivity contribution in [3.63, 3.8) is 0 Å². The number of nitrogens with zero attached hydrogens (tertiary/aromatic N) is 2. The smallest absolute Gasteiger partial charge is 0.255 e. The molecule has 1 fully saturated rings. The van der Waals surface area contributed by atoms with Gasteiger partial charge < -0.3 is 31.5 Å². The highest BCUT2D eigenvalue weighted by Gasteiger charge is 2.64. The van der Waals surface area contributed by atoms with E-state index in [2.05, 4.69) is 5.32 Å². The van der Waals surface area contributed by atoms with Gasteiger partial charge in [0.25, 0.3) is 5.91 Å². The maximum absolute atomic E-state index is 13.9. The molecule has 5 rings (SSSR count). The summed E-state index contributed by atoms with van der Waals surface area (Å²) in [6.07, 6.45) is 0.162. The lowest BCUT2D eigenvalue weighted by molar-refractivity contribution is -0.153. The number of phenolic OH excluding ortho intramolecular Hbond substituents is 1. The molecule has 2 aromatic carbocycles. The molecule has 7 N–H and O–H groups in total. The van der Waals surface area contributed by atoms with Crippen molar-refractivity contribution in [2.75, 3.05) is 33.0 Å². The van der Waals surface area contributed by atoms with Crippen LogP contribution in [-0.4, -0.2) is 92.9 Å². The van der Waals surface area contributed by atoms with E-state index in [0.29, 0.717) is 12.1 Å². The molecule has 0 aromatic heterocycles. The molecule has 4 atom stereocenters. The topological polar surface area (TPSA) is 194 Å². The molecule has 2 unspecified atom stereocenters. The van der Waals surface area contributed by atoms with Crippen LogP contribution in [0.1, 0.15) is 23.1 Å². The van der Waals surface area contributed by atoms with Gasteiger partial charge in [0, 0.05) is 18.0 Å². The highest BCUT2D eigenvalue weighted by molar-refractivity contribution is 6.24. The molecule has 1 saturated carbocycles. The Morgan fingerprint density at radius 1 is 1.05 bits per heavy atom. The number of amides is 2. The second-order valence-electron chi connectivity index (χ2n) is 11.7. The fourth-order valence-corrected chi connectivity index (χ4v) is 6.71. The third kappa shape index (κ3) is 4.86. The fraction of sp³-hybridized carbons (Fsp3) is 0.355. The van der Waals surface area contributed by atoms with Crippen LogP contribution in [0.15, 0.2) is 59.4 Å². The van der Waals surface area contributed by atoms with Crippen molar-refractivity contribution < 1.29 is 39.6 Å². The minimum Gasteiger partial charge on any atom is -0.508 e. The Labute approximate surface area is 247 Å². The number of nitrogens with one attached hydrogen (secondary N) is 1. The summed E-state index contributed by atoms with van der Waals surface area (Å²) in [5, 5.41) is 47.8. The standard InChI is InChI=1S/C31H34N4O8/c1-34(2)24-18-12-17-11-16-9-10-19(33-20(36)14-35(3)13-15-7-5-4-6-8-15)25(37)21(16)26(38)22(17)28(40)31(18,43)29(41)23(27(24)39)30(32)42/h4-10,17-18,24,37-38,41,43H,11-14H2,1-3H3,(H2,32,42)(H,33,36)/t17?,18?,24-,31-/m0/s1. The number of phenols is 1. The van der Waals surface area contributed by atoms with Crippen LogP contribution in [0.25, 0.3) is 5.76 Å². The molecule has 2 aromatic rings. The van der Waals surface area contributed by atoms with Gasteiger partial charge in [0.1, 0.15) is 22.8 Å². The number of anilines is 1. The number of aromatic hydroxyl groups is 1. The molecular formula is C31H34N4O8. The predicted octanol–water partition coefficient (Wildman–Crippen LogP) is 1.03. The van der Waals surface area contributed by atoms with Gasteiger partial charge in [-0.05, 0) is 57.1 Å². The zero-order valence-electron chi connectivity index (χ0n) is 24.0. The molecule has 2 amide bonds. The van der Waals surface area contributed by atoms with Gasteiger partial charge in [-0.3, -0.25) is 29.0 Å². The number of benzene rings is 2. The van der Waals surface area contributed by atoms with Crippen LogP contribution in [0.4, 0.5) is 5.69 Å². The number of nitrogens with two attached hydrogens (primary N) is 1. The Balaban J connectivity index is 1.48. The van der Waals surface area contributed by atoms with E-state index in [1.807, 2.05) is 30.3 Å². The van der Waals surface area contributed by atoms with Crippen LogP contribution in [0, 0.1) is 11.8 Å².